The van der Waals surface area contributed by atoms with Crippen LogP contribution in [0.2, 0.25) is 0 Å². The molecule has 1 N–H and O–H groups in total. The van der Waals surface area contributed by atoms with Gasteiger partial charge in [0.25, 0.3) is 0 Å². The molecule has 0 heterocycles. The molecule has 0 spiro atoms. The highest BCUT2D eigenvalue weighted by molar-refractivity contribution is 5.27. The fourth-order valence-corrected chi connectivity index (χ4v) is 1.27. The van der Waals surface area contributed by atoms with Crippen molar-refractivity contribution < 1.29 is 9.50 Å². The molecule has 0 aromatic heterocycles. The first-order valence-electron chi connectivity index (χ1n) is 4.57. The molecular formula is C11H15FO. The Labute approximate surface area is 78.2 Å². The molecule has 1 aromatic rings. The summed E-state index contributed by atoms with van der Waals surface area (Å²) in [5.41, 5.74) is 1.86. The van der Waals surface area contributed by atoms with Crippen LogP contribution in [-0.2, 0) is 6.42 Å². The second-order valence-electron chi connectivity index (χ2n) is 3.33. The molecule has 0 aliphatic rings. The number of hydrogen-bond donors (Lipinski definition) is 1. The van der Waals surface area contributed by atoms with Gasteiger partial charge in [0.05, 0.1) is 0 Å². The van der Waals surface area contributed by atoms with Gasteiger partial charge in [0, 0.05) is 12.5 Å². The Balaban J connectivity index is 3.01. The molecule has 0 aliphatic heterocycles. The second-order valence-corrected chi connectivity index (χ2v) is 3.33. The van der Waals surface area contributed by atoms with Crippen molar-refractivity contribution in [2.24, 2.45) is 0 Å². The zero-order valence-electron chi connectivity index (χ0n) is 8.05. The third-order valence-electron chi connectivity index (χ3n) is 2.23. The third-order valence-corrected chi connectivity index (χ3v) is 2.23. The van der Waals surface area contributed by atoms with E-state index in [0.29, 0.717) is 0 Å². The smallest absolute Gasteiger partial charge is 0.123 e. The Kier molecular flexibility index (Phi) is 3.43. The lowest BCUT2D eigenvalue weighted by Crippen LogP contribution is -2.00. The van der Waals surface area contributed by atoms with Crippen LogP contribution in [-0.4, -0.2) is 11.7 Å². The van der Waals surface area contributed by atoms with Crippen LogP contribution in [0.25, 0.3) is 0 Å². The summed E-state index contributed by atoms with van der Waals surface area (Å²) in [6.07, 6.45) is 0.822. The standard InChI is InChI=1S/C11H15FO/c1-3-9-4-10(8(2)7-13)6-11(12)5-9/h4-6,8,13H,3,7H2,1-2H3. The van der Waals surface area contributed by atoms with E-state index in [0.717, 1.165) is 17.5 Å². The van der Waals surface area contributed by atoms with Crippen molar-refractivity contribution in [3.63, 3.8) is 0 Å². The van der Waals surface area contributed by atoms with Crippen LogP contribution in [0.5, 0.6) is 0 Å². The zero-order chi connectivity index (χ0) is 9.84. The summed E-state index contributed by atoms with van der Waals surface area (Å²) in [5, 5.41) is 8.92. The summed E-state index contributed by atoms with van der Waals surface area (Å²) in [6, 6.07) is 4.97. The number of halogens is 1. The van der Waals surface area contributed by atoms with E-state index >= 15 is 0 Å². The Bertz CT molecular complexity index is 283. The van der Waals surface area contributed by atoms with Crippen molar-refractivity contribution in [1.29, 1.82) is 0 Å². The van der Waals surface area contributed by atoms with Crippen LogP contribution in [0.4, 0.5) is 4.39 Å². The molecule has 1 unspecified atom stereocenters. The van der Waals surface area contributed by atoms with Gasteiger partial charge in [0.1, 0.15) is 5.82 Å². The Morgan fingerprint density at radius 2 is 2.08 bits per heavy atom. The maximum atomic E-state index is 13.0. The maximum Gasteiger partial charge on any atom is 0.123 e. The predicted molar refractivity (Wildman–Crippen MR) is 51.3 cm³/mol. The van der Waals surface area contributed by atoms with Gasteiger partial charge in [-0.3, -0.25) is 0 Å². The van der Waals surface area contributed by atoms with Crippen LogP contribution in [0.1, 0.15) is 30.9 Å². The van der Waals surface area contributed by atoms with Gasteiger partial charge in [-0.2, -0.15) is 0 Å². The maximum absolute atomic E-state index is 13.0. The van der Waals surface area contributed by atoms with Gasteiger partial charge in [0.2, 0.25) is 0 Å². The summed E-state index contributed by atoms with van der Waals surface area (Å²) >= 11 is 0. The predicted octanol–water partition coefficient (Wildman–Crippen LogP) is 2.48. The second kappa shape index (κ2) is 4.38. The molecule has 1 atom stereocenters. The quantitative estimate of drug-likeness (QED) is 0.761. The molecule has 0 bridgehead atoms. The minimum atomic E-state index is -0.213. The first kappa shape index (κ1) is 10.2. The summed E-state index contributed by atoms with van der Waals surface area (Å²) in [7, 11) is 0. The van der Waals surface area contributed by atoms with Crippen molar-refractivity contribution in [3.8, 4) is 0 Å². The molecule has 0 saturated heterocycles. The molecule has 2 heteroatoms. The molecule has 1 nitrogen and oxygen atoms in total. The van der Waals surface area contributed by atoms with Gasteiger partial charge >= 0.3 is 0 Å². The summed E-state index contributed by atoms with van der Waals surface area (Å²) in [5.74, 6) is -0.198. The minimum Gasteiger partial charge on any atom is -0.396 e. The number of aliphatic hydroxyl groups is 1. The first-order valence-corrected chi connectivity index (χ1v) is 4.57. The Hall–Kier alpha value is -0.890. The minimum absolute atomic E-state index is 0.0148. The van der Waals surface area contributed by atoms with Gasteiger partial charge in [-0.05, 0) is 29.7 Å². The number of rotatable bonds is 3. The van der Waals surface area contributed by atoms with Crippen LogP contribution >= 0.6 is 0 Å². The van der Waals surface area contributed by atoms with E-state index in [1.165, 1.54) is 12.1 Å². The van der Waals surface area contributed by atoms with Gasteiger partial charge < -0.3 is 5.11 Å². The molecule has 0 fully saturated rings. The lowest BCUT2D eigenvalue weighted by atomic mass is 9.99. The van der Waals surface area contributed by atoms with E-state index in [1.54, 1.807) is 0 Å². The lowest BCUT2D eigenvalue weighted by Gasteiger charge is -2.09. The molecule has 1 aromatic carbocycles. The van der Waals surface area contributed by atoms with E-state index in [9.17, 15) is 4.39 Å². The van der Waals surface area contributed by atoms with Crippen molar-refractivity contribution in [2.75, 3.05) is 6.61 Å². The molecule has 1 rings (SSSR count). The van der Waals surface area contributed by atoms with E-state index in [1.807, 2.05) is 19.9 Å². The Morgan fingerprint density at radius 3 is 2.62 bits per heavy atom. The normalized spacial score (nSPS) is 12.9. The lowest BCUT2D eigenvalue weighted by molar-refractivity contribution is 0.273. The fourth-order valence-electron chi connectivity index (χ4n) is 1.27. The van der Waals surface area contributed by atoms with E-state index < -0.39 is 0 Å². The van der Waals surface area contributed by atoms with Gasteiger partial charge in [-0.1, -0.05) is 19.9 Å². The van der Waals surface area contributed by atoms with Crippen LogP contribution in [0.15, 0.2) is 18.2 Å². The van der Waals surface area contributed by atoms with Crippen LogP contribution in [0.3, 0.4) is 0 Å². The monoisotopic (exact) mass is 182 g/mol. The molecular weight excluding hydrogens is 167 g/mol. The number of benzene rings is 1. The summed E-state index contributed by atoms with van der Waals surface area (Å²) in [6.45, 7) is 3.93. The van der Waals surface area contributed by atoms with Crippen LogP contribution in [0, 0.1) is 5.82 Å². The fraction of sp³-hybridized carbons (Fsp3) is 0.455. The average Bonchev–Trinajstić information content (AvgIpc) is 2.15. The summed E-state index contributed by atoms with van der Waals surface area (Å²) < 4.78 is 13.0. The highest BCUT2D eigenvalue weighted by Crippen LogP contribution is 2.18. The first-order chi connectivity index (χ1) is 6.17. The largest absolute Gasteiger partial charge is 0.396 e. The summed E-state index contributed by atoms with van der Waals surface area (Å²) in [4.78, 5) is 0. The SMILES string of the molecule is CCc1cc(F)cc(C(C)CO)c1. The molecule has 0 amide bonds. The molecule has 0 aliphatic carbocycles. The van der Waals surface area contributed by atoms with E-state index in [2.05, 4.69) is 0 Å². The van der Waals surface area contributed by atoms with E-state index in [-0.39, 0.29) is 18.3 Å². The highest BCUT2D eigenvalue weighted by atomic mass is 19.1. The number of hydrogen-bond acceptors (Lipinski definition) is 1. The van der Waals surface area contributed by atoms with E-state index in [4.69, 9.17) is 5.11 Å². The third kappa shape index (κ3) is 2.52. The zero-order valence-corrected chi connectivity index (χ0v) is 8.05. The average molecular weight is 182 g/mol. The van der Waals surface area contributed by atoms with Gasteiger partial charge in [-0.15, -0.1) is 0 Å². The molecule has 13 heavy (non-hydrogen) atoms. The molecule has 72 valence electrons. The Morgan fingerprint density at radius 1 is 1.38 bits per heavy atom. The number of aryl methyl sites for hydroxylation is 1. The van der Waals surface area contributed by atoms with Crippen molar-refractivity contribution >= 4 is 0 Å². The van der Waals surface area contributed by atoms with Crippen molar-refractivity contribution in [1.82, 2.24) is 0 Å². The van der Waals surface area contributed by atoms with Crippen molar-refractivity contribution in [2.45, 2.75) is 26.2 Å². The van der Waals surface area contributed by atoms with Gasteiger partial charge in [-0.25, -0.2) is 4.39 Å². The topological polar surface area (TPSA) is 20.2 Å². The molecule has 0 saturated carbocycles. The number of aliphatic hydroxyl groups excluding tert-OH is 1. The van der Waals surface area contributed by atoms with Crippen LogP contribution < -0.4 is 0 Å². The van der Waals surface area contributed by atoms with Gasteiger partial charge in [0.15, 0.2) is 0 Å². The molecule has 0 radical (unpaired) electrons. The highest BCUT2D eigenvalue weighted by Gasteiger charge is 2.06. The van der Waals surface area contributed by atoms with Crippen molar-refractivity contribution in [3.05, 3.63) is 35.1 Å².